The second-order valence-electron chi connectivity index (χ2n) is 0.316. The molecular formula is C2H10AlBrO. The molecular weight excluding hydrogens is 147 g/mol. The summed E-state index contributed by atoms with van der Waals surface area (Å²) < 4.78 is 0. The lowest BCUT2D eigenvalue weighted by Gasteiger charge is -1.52. The van der Waals surface area contributed by atoms with E-state index in [0.717, 1.165) is 0 Å². The predicted octanol–water partition coefficient (Wildman–Crippen LogP) is -0.607. The lowest BCUT2D eigenvalue weighted by atomic mass is 10.9. The summed E-state index contributed by atoms with van der Waals surface area (Å²) in [7, 11) is 0. The average Bonchev–Trinajstić information content (AvgIpc) is 0.918. The summed E-state index contributed by atoms with van der Waals surface area (Å²) in [5.41, 5.74) is 0. The van der Waals surface area contributed by atoms with Gasteiger partial charge >= 0.3 is 0 Å². The van der Waals surface area contributed by atoms with Crippen molar-refractivity contribution in [2.45, 2.75) is 6.92 Å². The molecule has 1 N–H and O–H groups in total. The quantitative estimate of drug-likeness (QED) is 0.465. The van der Waals surface area contributed by atoms with E-state index in [9.17, 15) is 0 Å². The number of halogens is 1. The lowest BCUT2D eigenvalue weighted by molar-refractivity contribution is 0.318. The van der Waals surface area contributed by atoms with Crippen LogP contribution in [-0.4, -0.2) is 29.1 Å². The molecule has 0 saturated heterocycles. The van der Waals surface area contributed by atoms with Crippen molar-refractivity contribution in [1.82, 2.24) is 0 Å². The monoisotopic (exact) mass is 156 g/mol. The van der Waals surface area contributed by atoms with Crippen LogP contribution in [-0.2, 0) is 0 Å². The first-order valence-corrected chi connectivity index (χ1v) is 1.02. The van der Waals surface area contributed by atoms with Crippen molar-refractivity contribution >= 4 is 34.3 Å². The lowest BCUT2D eigenvalue weighted by Crippen LogP contribution is -1.57. The molecule has 0 radical (unpaired) electrons. The van der Waals surface area contributed by atoms with E-state index in [0.29, 0.717) is 0 Å². The van der Waals surface area contributed by atoms with Gasteiger partial charge in [-0.3, -0.25) is 0 Å². The number of rotatable bonds is 0. The van der Waals surface area contributed by atoms with Crippen LogP contribution in [0.1, 0.15) is 6.92 Å². The second-order valence-corrected chi connectivity index (χ2v) is 0.316. The van der Waals surface area contributed by atoms with Gasteiger partial charge in [0.25, 0.3) is 0 Å². The van der Waals surface area contributed by atoms with Gasteiger partial charge in [0.1, 0.15) is 0 Å². The van der Waals surface area contributed by atoms with Crippen molar-refractivity contribution in [2.75, 3.05) is 6.61 Å². The highest BCUT2D eigenvalue weighted by Crippen LogP contribution is 1.30. The topological polar surface area (TPSA) is 20.2 Å². The molecule has 1 nitrogen and oxygen atoms in total. The van der Waals surface area contributed by atoms with E-state index in [1.54, 1.807) is 6.92 Å². The third-order valence-corrected chi connectivity index (χ3v) is 0. The molecule has 0 aliphatic heterocycles. The standard InChI is InChI=1S/C2H6O.Al.BrH.3H/c1-2-3;;;;;/h3H,2H2,1H3;;1H;;;. The Morgan fingerprint density at radius 3 is 1.60 bits per heavy atom. The highest BCUT2D eigenvalue weighted by molar-refractivity contribution is 8.93. The molecule has 0 aromatic heterocycles. The van der Waals surface area contributed by atoms with Gasteiger partial charge < -0.3 is 5.11 Å². The fourth-order valence-electron chi connectivity index (χ4n) is 0. The van der Waals surface area contributed by atoms with E-state index in [-0.39, 0.29) is 40.9 Å². The van der Waals surface area contributed by atoms with E-state index >= 15 is 0 Å². The molecule has 0 rings (SSSR count). The van der Waals surface area contributed by atoms with Crippen molar-refractivity contribution in [3.05, 3.63) is 0 Å². The molecule has 34 valence electrons. The van der Waals surface area contributed by atoms with E-state index < -0.39 is 0 Å². The minimum Gasteiger partial charge on any atom is -0.397 e. The molecule has 0 aromatic rings. The van der Waals surface area contributed by atoms with Crippen LogP contribution in [0.15, 0.2) is 0 Å². The van der Waals surface area contributed by atoms with Gasteiger partial charge in [0.15, 0.2) is 17.4 Å². The Hall–Kier alpha value is 0.972. The molecule has 0 heterocycles. The molecule has 0 saturated carbocycles. The van der Waals surface area contributed by atoms with Gasteiger partial charge in [-0.25, -0.2) is 0 Å². The van der Waals surface area contributed by atoms with Crippen molar-refractivity contribution in [3.63, 3.8) is 0 Å². The first kappa shape index (κ1) is 16.7. The predicted molar refractivity (Wildman–Crippen MR) is 33.0 cm³/mol. The summed E-state index contributed by atoms with van der Waals surface area (Å²) in [4.78, 5) is 0. The normalized spacial score (nSPS) is 3.60. The third-order valence-electron chi connectivity index (χ3n) is 0. The van der Waals surface area contributed by atoms with E-state index in [1.807, 2.05) is 0 Å². The summed E-state index contributed by atoms with van der Waals surface area (Å²) in [6.07, 6.45) is 0. The Labute approximate surface area is 53.3 Å². The Bertz CT molecular complexity index is 9.61. The first-order chi connectivity index (χ1) is 1.41. The summed E-state index contributed by atoms with van der Waals surface area (Å²) in [5.74, 6) is 0. The van der Waals surface area contributed by atoms with E-state index in [1.165, 1.54) is 0 Å². The van der Waals surface area contributed by atoms with Crippen molar-refractivity contribution < 1.29 is 5.11 Å². The number of hydrogen-bond donors (Lipinski definition) is 1. The minimum atomic E-state index is 0. The summed E-state index contributed by atoms with van der Waals surface area (Å²) in [5, 5.41) is 7.57. The summed E-state index contributed by atoms with van der Waals surface area (Å²) >= 11 is 0. The molecule has 5 heavy (non-hydrogen) atoms. The van der Waals surface area contributed by atoms with Crippen LogP contribution < -0.4 is 0 Å². The van der Waals surface area contributed by atoms with Gasteiger partial charge in [0.05, 0.1) is 0 Å². The Morgan fingerprint density at radius 2 is 1.60 bits per heavy atom. The van der Waals surface area contributed by atoms with Crippen LogP contribution in [0.5, 0.6) is 0 Å². The summed E-state index contributed by atoms with van der Waals surface area (Å²) in [6.45, 7) is 1.93. The zero-order valence-corrected chi connectivity index (χ0v) is 4.28. The maximum Gasteiger partial charge on any atom is 0.187 e. The number of aliphatic hydroxyl groups is 1. The Morgan fingerprint density at radius 1 is 1.60 bits per heavy atom. The maximum atomic E-state index is 7.57. The molecule has 0 atom stereocenters. The van der Waals surface area contributed by atoms with Crippen LogP contribution in [0.2, 0.25) is 0 Å². The Balaban J connectivity index is -0.0000000200. The van der Waals surface area contributed by atoms with E-state index in [4.69, 9.17) is 5.11 Å². The van der Waals surface area contributed by atoms with Crippen LogP contribution in [0.4, 0.5) is 0 Å². The zero-order valence-electron chi connectivity index (χ0n) is 2.56. The molecule has 0 fully saturated rings. The largest absolute Gasteiger partial charge is 0.397 e. The summed E-state index contributed by atoms with van der Waals surface area (Å²) in [6, 6.07) is 0. The van der Waals surface area contributed by atoms with Gasteiger partial charge in [-0.2, -0.15) is 0 Å². The van der Waals surface area contributed by atoms with E-state index in [2.05, 4.69) is 0 Å². The van der Waals surface area contributed by atoms with Gasteiger partial charge in [0, 0.05) is 6.61 Å². The molecule has 0 aromatic carbocycles. The van der Waals surface area contributed by atoms with Crippen LogP contribution in [0.3, 0.4) is 0 Å². The van der Waals surface area contributed by atoms with Gasteiger partial charge in [0.2, 0.25) is 0 Å². The average molecular weight is 157 g/mol. The molecule has 0 amide bonds. The highest BCUT2D eigenvalue weighted by Gasteiger charge is 1.34. The van der Waals surface area contributed by atoms with Crippen LogP contribution in [0, 0.1) is 0 Å². The molecule has 0 bridgehead atoms. The van der Waals surface area contributed by atoms with Gasteiger partial charge in [-0.05, 0) is 6.92 Å². The zero-order chi connectivity index (χ0) is 2.71. The molecule has 3 heteroatoms. The van der Waals surface area contributed by atoms with Crippen molar-refractivity contribution in [1.29, 1.82) is 0 Å². The van der Waals surface area contributed by atoms with Crippen LogP contribution in [0.25, 0.3) is 0 Å². The first-order valence-electron chi connectivity index (χ1n) is 1.02. The van der Waals surface area contributed by atoms with Crippen molar-refractivity contribution in [2.24, 2.45) is 0 Å². The molecule has 0 aliphatic carbocycles. The maximum absolute atomic E-state index is 7.57. The minimum absolute atomic E-state index is 0. The van der Waals surface area contributed by atoms with Crippen molar-refractivity contribution in [3.8, 4) is 0 Å². The molecule has 0 unspecified atom stereocenters. The second kappa shape index (κ2) is 20.2. The van der Waals surface area contributed by atoms with Gasteiger partial charge in [-0.15, -0.1) is 17.0 Å². The van der Waals surface area contributed by atoms with Crippen LogP contribution >= 0.6 is 17.0 Å². The SMILES string of the molecule is Br.CCO.[AlH3]. The number of hydrogen-bond acceptors (Lipinski definition) is 1. The third kappa shape index (κ3) is 46.5. The number of aliphatic hydroxyl groups excluding tert-OH is 1. The molecule has 0 spiro atoms. The fourth-order valence-corrected chi connectivity index (χ4v) is 0. The Kier molecular flexibility index (Phi) is 67.4. The smallest absolute Gasteiger partial charge is 0.187 e. The molecule has 0 aliphatic rings. The van der Waals surface area contributed by atoms with Gasteiger partial charge in [-0.1, -0.05) is 0 Å². The fraction of sp³-hybridized carbons (Fsp3) is 1.00. The highest BCUT2D eigenvalue weighted by atomic mass is 79.9.